The molecule has 0 fully saturated rings. The summed E-state index contributed by atoms with van der Waals surface area (Å²) in [5.74, 6) is 0. The van der Waals surface area contributed by atoms with Gasteiger partial charge in [0.15, 0.2) is 0 Å². The maximum absolute atomic E-state index is 5.85. The minimum atomic E-state index is 0.166. The highest BCUT2D eigenvalue weighted by Gasteiger charge is 2.17. The van der Waals surface area contributed by atoms with E-state index in [1.54, 1.807) is 34.0 Å². The fourth-order valence-corrected chi connectivity index (χ4v) is 4.45. The molecule has 0 amide bonds. The van der Waals surface area contributed by atoms with Gasteiger partial charge in [0.25, 0.3) is 0 Å². The Morgan fingerprint density at radius 3 is 1.55 bits per heavy atom. The van der Waals surface area contributed by atoms with Gasteiger partial charge in [0.2, 0.25) is 0 Å². The lowest BCUT2D eigenvalue weighted by Crippen LogP contribution is -2.12. The van der Waals surface area contributed by atoms with E-state index in [2.05, 4.69) is 9.97 Å². The Morgan fingerprint density at radius 1 is 0.800 bits per heavy atom. The molecule has 2 unspecified atom stereocenters. The van der Waals surface area contributed by atoms with Crippen molar-refractivity contribution in [1.29, 1.82) is 0 Å². The van der Waals surface area contributed by atoms with Crippen LogP contribution >= 0.6 is 21.6 Å². The molecule has 0 aliphatic heterocycles. The van der Waals surface area contributed by atoms with E-state index in [1.807, 2.05) is 36.4 Å². The lowest BCUT2D eigenvalue weighted by Gasteiger charge is -2.17. The molecule has 0 spiro atoms. The van der Waals surface area contributed by atoms with Gasteiger partial charge < -0.3 is 11.5 Å². The quantitative estimate of drug-likeness (QED) is 0.766. The van der Waals surface area contributed by atoms with Crippen molar-refractivity contribution >= 4 is 21.6 Å². The molecule has 20 heavy (non-hydrogen) atoms. The van der Waals surface area contributed by atoms with Crippen LogP contribution in [0.1, 0.15) is 21.9 Å². The monoisotopic (exact) mass is 306 g/mol. The number of hydrogen-bond donors (Lipinski definition) is 2. The van der Waals surface area contributed by atoms with Crippen LogP contribution in [-0.2, 0) is 0 Å². The Bertz CT molecular complexity index is 448. The summed E-state index contributed by atoms with van der Waals surface area (Å²) in [4.78, 5) is 8.73. The summed E-state index contributed by atoms with van der Waals surface area (Å²) in [6, 6.07) is 11.8. The first-order valence-corrected chi connectivity index (χ1v) is 8.67. The Balaban J connectivity index is 1.99. The molecular weight excluding hydrogens is 288 g/mol. The Kier molecular flexibility index (Phi) is 6.32. The average molecular weight is 306 g/mol. The molecule has 6 heteroatoms. The number of rotatable bonds is 7. The van der Waals surface area contributed by atoms with Gasteiger partial charge in [-0.2, -0.15) is 0 Å². The van der Waals surface area contributed by atoms with E-state index in [0.717, 1.165) is 11.4 Å². The largest absolute Gasteiger partial charge is 0.329 e. The first-order chi connectivity index (χ1) is 9.85. The maximum atomic E-state index is 5.85. The molecule has 0 aliphatic rings. The summed E-state index contributed by atoms with van der Waals surface area (Å²) < 4.78 is 0. The summed E-state index contributed by atoms with van der Waals surface area (Å²) >= 11 is 0. The van der Waals surface area contributed by atoms with Crippen LogP contribution in [0.25, 0.3) is 0 Å². The molecule has 0 aliphatic carbocycles. The molecule has 0 bridgehead atoms. The third kappa shape index (κ3) is 4.21. The lowest BCUT2D eigenvalue weighted by molar-refractivity contribution is 0.897. The number of pyridine rings is 2. The number of hydrogen-bond acceptors (Lipinski definition) is 6. The minimum Gasteiger partial charge on any atom is -0.329 e. The van der Waals surface area contributed by atoms with Crippen molar-refractivity contribution in [2.75, 3.05) is 13.1 Å². The van der Waals surface area contributed by atoms with Crippen LogP contribution in [0.2, 0.25) is 0 Å². The number of aromatic nitrogens is 2. The van der Waals surface area contributed by atoms with Gasteiger partial charge in [-0.15, -0.1) is 0 Å². The van der Waals surface area contributed by atoms with Crippen LogP contribution in [0.5, 0.6) is 0 Å². The summed E-state index contributed by atoms with van der Waals surface area (Å²) in [6.07, 6.45) is 3.59. The molecule has 2 atom stereocenters. The molecule has 2 rings (SSSR count). The van der Waals surface area contributed by atoms with Gasteiger partial charge in [-0.3, -0.25) is 9.97 Å². The van der Waals surface area contributed by atoms with Gasteiger partial charge in [-0.25, -0.2) is 0 Å². The Morgan fingerprint density at radius 2 is 1.25 bits per heavy atom. The average Bonchev–Trinajstić information content (AvgIpc) is 2.53. The number of nitrogens with two attached hydrogens (primary N) is 2. The highest BCUT2D eigenvalue weighted by molar-refractivity contribution is 8.76. The summed E-state index contributed by atoms with van der Waals surface area (Å²) in [5, 5.41) is 0.331. The van der Waals surface area contributed by atoms with Crippen LogP contribution in [0.3, 0.4) is 0 Å². The second-order valence-corrected chi connectivity index (χ2v) is 6.83. The van der Waals surface area contributed by atoms with Crippen molar-refractivity contribution in [1.82, 2.24) is 9.97 Å². The van der Waals surface area contributed by atoms with Crippen LogP contribution in [0, 0.1) is 0 Å². The Labute approximate surface area is 127 Å². The molecule has 4 nitrogen and oxygen atoms in total. The predicted molar refractivity (Wildman–Crippen MR) is 87.2 cm³/mol. The smallest absolute Gasteiger partial charge is 0.0696 e. The highest BCUT2D eigenvalue weighted by atomic mass is 33.1. The van der Waals surface area contributed by atoms with Crippen LogP contribution < -0.4 is 11.5 Å². The fourth-order valence-electron chi connectivity index (χ4n) is 1.69. The third-order valence-electron chi connectivity index (χ3n) is 2.75. The van der Waals surface area contributed by atoms with Crippen molar-refractivity contribution in [3.05, 3.63) is 60.2 Å². The van der Waals surface area contributed by atoms with Gasteiger partial charge >= 0.3 is 0 Å². The zero-order valence-electron chi connectivity index (χ0n) is 11.1. The lowest BCUT2D eigenvalue weighted by atomic mass is 10.3. The normalized spacial score (nSPS) is 13.9. The van der Waals surface area contributed by atoms with Gasteiger partial charge in [-0.05, 0) is 24.3 Å². The summed E-state index contributed by atoms with van der Waals surface area (Å²) in [7, 11) is 3.42. The molecule has 4 N–H and O–H groups in total. The van der Waals surface area contributed by atoms with Crippen molar-refractivity contribution in [2.24, 2.45) is 11.5 Å². The van der Waals surface area contributed by atoms with E-state index in [1.165, 1.54) is 0 Å². The van der Waals surface area contributed by atoms with Crippen molar-refractivity contribution in [3.63, 3.8) is 0 Å². The highest BCUT2D eigenvalue weighted by Crippen LogP contribution is 2.44. The van der Waals surface area contributed by atoms with E-state index >= 15 is 0 Å². The standard InChI is InChI=1S/C14H18N4S2/c15-9-13(11-5-1-3-7-17-11)19-20-14(10-16)12-6-2-4-8-18-12/h1-8,13-14H,9-10,15-16H2. The van der Waals surface area contributed by atoms with Crippen molar-refractivity contribution in [3.8, 4) is 0 Å². The van der Waals surface area contributed by atoms with Crippen molar-refractivity contribution in [2.45, 2.75) is 10.5 Å². The Hall–Kier alpha value is -1.08. The first kappa shape index (κ1) is 15.3. The second kappa shape index (κ2) is 8.26. The molecule has 106 valence electrons. The molecule has 0 radical (unpaired) electrons. The van der Waals surface area contributed by atoms with Crippen LogP contribution in [-0.4, -0.2) is 23.1 Å². The predicted octanol–water partition coefficient (Wildman–Crippen LogP) is 2.56. The van der Waals surface area contributed by atoms with E-state index in [-0.39, 0.29) is 10.5 Å². The molecule has 2 aromatic heterocycles. The van der Waals surface area contributed by atoms with E-state index in [4.69, 9.17) is 11.5 Å². The van der Waals surface area contributed by atoms with Gasteiger partial charge in [0, 0.05) is 25.5 Å². The third-order valence-corrected chi connectivity index (χ3v) is 5.92. The second-order valence-electron chi connectivity index (χ2n) is 4.15. The summed E-state index contributed by atoms with van der Waals surface area (Å²) in [6.45, 7) is 1.10. The molecule has 2 aromatic rings. The SMILES string of the molecule is NCC(SSC(CN)c1ccccn1)c1ccccn1. The van der Waals surface area contributed by atoms with E-state index in [9.17, 15) is 0 Å². The maximum Gasteiger partial charge on any atom is 0.0696 e. The summed E-state index contributed by atoms with van der Waals surface area (Å²) in [5.41, 5.74) is 13.7. The molecule has 0 saturated carbocycles. The number of nitrogens with zero attached hydrogens (tertiary/aromatic N) is 2. The topological polar surface area (TPSA) is 77.8 Å². The van der Waals surface area contributed by atoms with Gasteiger partial charge in [0.05, 0.1) is 21.9 Å². The fraction of sp³-hybridized carbons (Fsp3) is 0.286. The van der Waals surface area contributed by atoms with Crippen molar-refractivity contribution < 1.29 is 0 Å². The zero-order chi connectivity index (χ0) is 14.2. The van der Waals surface area contributed by atoms with E-state index in [0.29, 0.717) is 13.1 Å². The zero-order valence-corrected chi connectivity index (χ0v) is 12.7. The van der Waals surface area contributed by atoms with Crippen LogP contribution in [0.4, 0.5) is 0 Å². The molecule has 2 heterocycles. The molecular formula is C14H18N4S2. The first-order valence-electron chi connectivity index (χ1n) is 6.39. The minimum absolute atomic E-state index is 0.166. The van der Waals surface area contributed by atoms with Gasteiger partial charge in [-0.1, -0.05) is 33.7 Å². The molecule has 0 aromatic carbocycles. The molecule has 0 saturated heterocycles. The van der Waals surface area contributed by atoms with E-state index < -0.39 is 0 Å². The van der Waals surface area contributed by atoms with Gasteiger partial charge in [0.1, 0.15) is 0 Å². The van der Waals surface area contributed by atoms with Crippen LogP contribution in [0.15, 0.2) is 48.8 Å².